The minimum absolute atomic E-state index is 0.0158. The molecule has 28 heteroatoms. The number of guanidine groups is 1. The summed E-state index contributed by atoms with van der Waals surface area (Å²) in [6.07, 6.45) is 4.49. The van der Waals surface area contributed by atoms with Crippen LogP contribution in [0.5, 0.6) is 5.75 Å². The molecule has 3 fully saturated rings. The SMILES string of the molecule is CC[C@H](C)[C@H](NC(=O)[C@H](Cc1ccc(O)cc1)NC(=O)[C@@H](NC(=O)[C@H](CCCN=C(N)N)NC(=O)[C@H](CC(=O)O)NC(=O)CCCC[C@@H]1SC[C@@H]2NC(=O)N[C@@H]21)C(C)C)C(=O)N[C@@H](Cc1cnc[nH]1)C(=O)N1CCC[C@H]1C(=O)O. The summed E-state index contributed by atoms with van der Waals surface area (Å²) in [5.41, 5.74) is 12.0. The van der Waals surface area contributed by atoms with Crippen molar-refractivity contribution in [2.75, 3.05) is 18.8 Å². The molecular weight excluding hydrogens is 1050 g/mol. The van der Waals surface area contributed by atoms with Gasteiger partial charge in [-0.2, -0.15) is 11.8 Å². The second-order valence-electron chi connectivity index (χ2n) is 20.5. The summed E-state index contributed by atoms with van der Waals surface area (Å²) in [5.74, 6) is -8.94. The number of imidazole rings is 1. The van der Waals surface area contributed by atoms with Crippen LogP contribution < -0.4 is 54.0 Å². The number of amides is 9. The Hall–Kier alpha value is -7.65. The van der Waals surface area contributed by atoms with Crippen molar-refractivity contribution < 1.29 is 63.3 Å². The number of rotatable bonds is 31. The zero-order valence-corrected chi connectivity index (χ0v) is 45.6. The Labute approximate surface area is 461 Å². The number of carboxylic acids is 2. The van der Waals surface area contributed by atoms with Crippen LogP contribution in [-0.2, 0) is 56.0 Å². The number of hydrogen-bond acceptors (Lipinski definition) is 14. The quantitative estimate of drug-likeness (QED) is 0.0183. The van der Waals surface area contributed by atoms with Gasteiger partial charge in [0.15, 0.2) is 5.96 Å². The van der Waals surface area contributed by atoms with E-state index >= 15 is 0 Å². The Morgan fingerprint density at radius 2 is 1.47 bits per heavy atom. The minimum Gasteiger partial charge on any atom is -0.508 e. The lowest BCUT2D eigenvalue weighted by atomic mass is 9.96. The van der Waals surface area contributed by atoms with Gasteiger partial charge in [0.2, 0.25) is 41.4 Å². The number of benzene rings is 1. The van der Waals surface area contributed by atoms with E-state index in [9.17, 15) is 63.3 Å². The van der Waals surface area contributed by atoms with Crippen molar-refractivity contribution in [3.05, 3.63) is 48.0 Å². The van der Waals surface area contributed by atoms with Crippen LogP contribution in [-0.4, -0.2) is 174 Å². The third-order valence-electron chi connectivity index (χ3n) is 14.2. The first-order chi connectivity index (χ1) is 37.5. The van der Waals surface area contributed by atoms with Crippen molar-refractivity contribution in [1.29, 1.82) is 0 Å². The number of fused-ring (bicyclic) bond motifs is 1. The molecule has 1 aromatic carbocycles. The number of aromatic amines is 1. The van der Waals surface area contributed by atoms with E-state index in [0.29, 0.717) is 43.4 Å². The highest BCUT2D eigenvalue weighted by Crippen LogP contribution is 2.33. The molecular formula is C51H76N14O13S. The van der Waals surface area contributed by atoms with E-state index in [1.54, 1.807) is 39.5 Å². The normalized spacial score (nSPS) is 20.1. The van der Waals surface area contributed by atoms with Crippen LogP contribution in [0.4, 0.5) is 4.79 Å². The first-order valence-corrected chi connectivity index (χ1v) is 27.6. The van der Waals surface area contributed by atoms with Gasteiger partial charge in [-0.1, -0.05) is 52.7 Å². The molecule has 4 heterocycles. The smallest absolute Gasteiger partial charge is 0.326 e. The molecule has 5 rings (SSSR count). The molecule has 11 atom stereocenters. The largest absolute Gasteiger partial charge is 0.508 e. The maximum Gasteiger partial charge on any atom is 0.326 e. The average Bonchev–Trinajstić information content (AvgIpc) is 4.24. The summed E-state index contributed by atoms with van der Waals surface area (Å²) in [6, 6.07) is -3.92. The fourth-order valence-corrected chi connectivity index (χ4v) is 11.2. The summed E-state index contributed by atoms with van der Waals surface area (Å²) in [5, 5.41) is 51.5. The number of phenols is 1. The number of carboxylic acid groups (broad SMARTS) is 2. The average molecular weight is 1130 g/mol. The number of aromatic hydroxyl groups is 1. The number of thioether (sulfide) groups is 1. The molecule has 2 aromatic rings. The van der Waals surface area contributed by atoms with Gasteiger partial charge >= 0.3 is 18.0 Å². The molecule has 1 aromatic heterocycles. The molecule has 3 aliphatic heterocycles. The number of carbonyl (C=O) groups is 10. The highest BCUT2D eigenvalue weighted by atomic mass is 32.2. The predicted octanol–water partition coefficient (Wildman–Crippen LogP) is -1.16. The van der Waals surface area contributed by atoms with Gasteiger partial charge in [-0.15, -0.1) is 0 Å². The molecule has 27 nitrogen and oxygen atoms in total. The number of likely N-dealkylation sites (tertiary alicyclic amines) is 1. The Bertz CT molecular complexity index is 2500. The van der Waals surface area contributed by atoms with Gasteiger partial charge in [-0.25, -0.2) is 14.6 Å². The summed E-state index contributed by atoms with van der Waals surface area (Å²) in [6.45, 7) is 6.87. The molecule has 0 aliphatic carbocycles. The standard InChI is InChI=1S/C51H76N14O13S/c1-5-27(4)41(47(74)60-34(21-29-23-54-25-56-29)48(75)65-19-9-11-36(65)49(76)77)63-45(72)32(20-28-14-16-30(66)17-15-28)59-46(73)40(26(2)3)62-43(70)31(10-8-18-55-50(52)53)58-44(71)33(22-39(68)69)57-38(67)13-7-6-12-37-42-35(24-79-37)61-51(78)64-42/h14-17,23,25-27,31-37,40-42,66H,5-13,18-22,24H2,1-4H3,(H,54,56)(H,57,67)(H,58,71)(H,59,73)(H,60,74)(H,62,70)(H,63,72)(H,68,69)(H,76,77)(H4,52,53,55)(H2,61,64,78)/t27-,31-,32-,33-,34-,35-,36-,37-,40-,41-,42-/m0/s1. The van der Waals surface area contributed by atoms with Crippen molar-refractivity contribution in [2.45, 2.75) is 164 Å². The van der Waals surface area contributed by atoms with Crippen LogP contribution in [0.3, 0.4) is 0 Å². The monoisotopic (exact) mass is 1120 g/mol. The topological polar surface area (TPSA) is 424 Å². The third kappa shape index (κ3) is 18.8. The second kappa shape index (κ2) is 29.9. The molecule has 9 amide bonds. The lowest BCUT2D eigenvalue weighted by Gasteiger charge is -2.31. The fraction of sp³-hybridized carbons (Fsp3) is 0.608. The number of H-pyrrole nitrogens is 1. The number of aromatic nitrogens is 2. The third-order valence-corrected chi connectivity index (χ3v) is 15.7. The molecule has 0 bridgehead atoms. The number of unbranched alkanes of at least 4 members (excludes halogenated alkanes) is 1. The van der Waals surface area contributed by atoms with Crippen molar-refractivity contribution in [1.82, 2.24) is 57.4 Å². The lowest BCUT2D eigenvalue weighted by Crippen LogP contribution is -2.62. The van der Waals surface area contributed by atoms with E-state index < -0.39 is 114 Å². The molecule has 3 aliphatic rings. The summed E-state index contributed by atoms with van der Waals surface area (Å²) >= 11 is 1.73. The molecule has 16 N–H and O–H groups in total. The summed E-state index contributed by atoms with van der Waals surface area (Å²) in [7, 11) is 0. The first-order valence-electron chi connectivity index (χ1n) is 26.6. The second-order valence-corrected chi connectivity index (χ2v) is 21.8. The summed E-state index contributed by atoms with van der Waals surface area (Å²) < 4.78 is 0. The molecule has 0 saturated carbocycles. The van der Waals surface area contributed by atoms with E-state index in [4.69, 9.17) is 11.5 Å². The Kier molecular flexibility index (Phi) is 23.6. The van der Waals surface area contributed by atoms with Crippen molar-refractivity contribution >= 4 is 77.0 Å². The van der Waals surface area contributed by atoms with Crippen LogP contribution in [0.2, 0.25) is 0 Å². The van der Waals surface area contributed by atoms with Crippen LogP contribution in [0.15, 0.2) is 41.8 Å². The molecule has 79 heavy (non-hydrogen) atoms. The molecule has 0 radical (unpaired) electrons. The van der Waals surface area contributed by atoms with Gasteiger partial charge in [0.25, 0.3) is 0 Å². The van der Waals surface area contributed by atoms with Crippen LogP contribution in [0.1, 0.15) is 103 Å². The van der Waals surface area contributed by atoms with Gasteiger partial charge in [-0.05, 0) is 68.1 Å². The number of aliphatic imine (C=N–C) groups is 1. The number of aliphatic carboxylic acids is 2. The van der Waals surface area contributed by atoms with Gasteiger partial charge < -0.3 is 79.2 Å². The Morgan fingerprint density at radius 3 is 2.11 bits per heavy atom. The van der Waals surface area contributed by atoms with Gasteiger partial charge in [0.1, 0.15) is 48.0 Å². The molecule has 434 valence electrons. The number of phenolic OH excluding ortho intramolecular Hbond substituents is 1. The van der Waals surface area contributed by atoms with E-state index in [1.807, 2.05) is 0 Å². The van der Waals surface area contributed by atoms with E-state index in [-0.39, 0.29) is 86.7 Å². The molecule has 0 unspecified atom stereocenters. The number of nitrogens with one attached hydrogen (secondary N) is 9. The molecule has 0 spiro atoms. The van der Waals surface area contributed by atoms with Crippen molar-refractivity contribution in [3.63, 3.8) is 0 Å². The predicted molar refractivity (Wildman–Crippen MR) is 288 cm³/mol. The van der Waals surface area contributed by atoms with E-state index in [0.717, 1.165) is 5.75 Å². The first kappa shape index (κ1) is 62.2. The van der Waals surface area contributed by atoms with E-state index in [1.165, 1.54) is 41.7 Å². The molecule has 3 saturated heterocycles. The maximum absolute atomic E-state index is 14.6. The number of urea groups is 1. The maximum atomic E-state index is 14.6. The zero-order chi connectivity index (χ0) is 57.9. The van der Waals surface area contributed by atoms with Crippen molar-refractivity contribution in [3.8, 4) is 5.75 Å². The van der Waals surface area contributed by atoms with Gasteiger partial charge in [0.05, 0.1) is 24.8 Å². The van der Waals surface area contributed by atoms with Crippen molar-refractivity contribution in [2.24, 2.45) is 28.3 Å². The fourth-order valence-electron chi connectivity index (χ4n) is 9.62. The van der Waals surface area contributed by atoms with Crippen LogP contribution in [0, 0.1) is 11.8 Å². The number of hydrogen-bond donors (Lipinski definition) is 14. The minimum atomic E-state index is -1.61. The Balaban J connectivity index is 1.31. The van der Waals surface area contributed by atoms with Crippen LogP contribution in [0.25, 0.3) is 0 Å². The highest BCUT2D eigenvalue weighted by Gasteiger charge is 2.43. The summed E-state index contributed by atoms with van der Waals surface area (Å²) in [4.78, 5) is 146. The van der Waals surface area contributed by atoms with Gasteiger partial charge in [-0.3, -0.25) is 43.3 Å². The lowest BCUT2D eigenvalue weighted by molar-refractivity contribution is -0.149. The number of carbonyl (C=O) groups excluding carboxylic acids is 8. The highest BCUT2D eigenvalue weighted by molar-refractivity contribution is 8.00. The number of nitrogens with two attached hydrogens (primary N) is 2. The Morgan fingerprint density at radius 1 is 0.810 bits per heavy atom. The van der Waals surface area contributed by atoms with E-state index in [2.05, 4.69) is 57.5 Å². The number of nitrogens with zero attached hydrogens (tertiary/aromatic N) is 3. The zero-order valence-electron chi connectivity index (χ0n) is 44.8. The van der Waals surface area contributed by atoms with Crippen LogP contribution >= 0.6 is 11.8 Å². The van der Waals surface area contributed by atoms with Gasteiger partial charge in [0, 0.05) is 55.2 Å².